The van der Waals surface area contributed by atoms with Crippen LogP contribution in [0, 0.1) is 0 Å². The van der Waals surface area contributed by atoms with Crippen molar-refractivity contribution in [2.24, 2.45) is 0 Å². The number of alkyl halides is 3. The molecule has 2 heterocycles. The third kappa shape index (κ3) is 3.74. The van der Waals surface area contributed by atoms with E-state index in [-0.39, 0.29) is 22.6 Å². The van der Waals surface area contributed by atoms with E-state index in [2.05, 4.69) is 0 Å². The van der Waals surface area contributed by atoms with Crippen molar-refractivity contribution >= 4 is 17.7 Å². The van der Waals surface area contributed by atoms with Crippen molar-refractivity contribution in [1.29, 1.82) is 0 Å². The van der Waals surface area contributed by atoms with Crippen LogP contribution in [0.25, 0.3) is 0 Å². The van der Waals surface area contributed by atoms with Gasteiger partial charge in [0.2, 0.25) is 5.91 Å². The second-order valence-corrected chi connectivity index (χ2v) is 8.03. The van der Waals surface area contributed by atoms with Gasteiger partial charge in [-0.3, -0.25) is 4.79 Å². The molecule has 0 saturated carbocycles. The molecular weight excluding hydrogens is 355 g/mol. The number of fused-ring (bicyclic) bond motifs is 1. The number of ether oxygens (including phenoxy) is 1. The second kappa shape index (κ2) is 6.39. The number of hydrogen-bond donors (Lipinski definition) is 1. The number of halogens is 3. The normalized spacial score (nSPS) is 26.2. The van der Waals surface area contributed by atoms with E-state index in [0.717, 1.165) is 12.8 Å². The maximum atomic E-state index is 12.7. The van der Waals surface area contributed by atoms with Crippen molar-refractivity contribution in [3.05, 3.63) is 23.8 Å². The molecule has 138 valence electrons. The van der Waals surface area contributed by atoms with Gasteiger partial charge in [0.05, 0.1) is 6.04 Å². The number of thioether (sulfide) groups is 1. The molecule has 2 atom stereocenters. The van der Waals surface area contributed by atoms with Crippen molar-refractivity contribution in [1.82, 2.24) is 4.90 Å². The highest BCUT2D eigenvalue weighted by Gasteiger charge is 2.47. The average molecular weight is 375 g/mol. The highest BCUT2D eigenvalue weighted by molar-refractivity contribution is 8.00. The lowest BCUT2D eigenvalue weighted by molar-refractivity contribution is -0.147. The maximum Gasteiger partial charge on any atom is 0.446 e. The molecule has 1 amide bonds. The minimum atomic E-state index is -4.40. The van der Waals surface area contributed by atoms with Crippen LogP contribution in [0.1, 0.15) is 44.7 Å². The Morgan fingerprint density at radius 2 is 2.04 bits per heavy atom. The zero-order valence-corrected chi connectivity index (χ0v) is 14.8. The first-order valence-corrected chi connectivity index (χ1v) is 8.96. The fourth-order valence-electron chi connectivity index (χ4n) is 3.40. The van der Waals surface area contributed by atoms with E-state index < -0.39 is 23.3 Å². The standard InChI is InChI=1S/C17H20F3NO3S/c1-16(2)15(23)14(21-8-4-3-5-13(21)22)11-9-10(25-17(18,19)20)6-7-12(11)24-16/h6-7,9,14-15,23H,3-5,8H2,1-2H3/t14-,15+/m0/s1. The summed E-state index contributed by atoms with van der Waals surface area (Å²) in [6.07, 6.45) is 0.946. The molecule has 0 aliphatic carbocycles. The van der Waals surface area contributed by atoms with Crippen LogP contribution in [0.3, 0.4) is 0 Å². The minimum Gasteiger partial charge on any atom is -0.485 e. The molecule has 25 heavy (non-hydrogen) atoms. The SMILES string of the molecule is CC1(C)Oc2ccc(SC(F)(F)F)cc2[C@H](N2CCCCC2=O)[C@H]1O. The summed E-state index contributed by atoms with van der Waals surface area (Å²) in [5.74, 6) is 0.318. The summed E-state index contributed by atoms with van der Waals surface area (Å²) < 4.78 is 43.9. The van der Waals surface area contributed by atoms with Crippen molar-refractivity contribution in [2.45, 2.75) is 61.3 Å². The van der Waals surface area contributed by atoms with Crippen LogP contribution in [-0.2, 0) is 4.79 Å². The number of carbonyl (C=O) groups excluding carboxylic acids is 1. The summed E-state index contributed by atoms with van der Waals surface area (Å²) in [6.45, 7) is 3.90. The largest absolute Gasteiger partial charge is 0.485 e. The van der Waals surface area contributed by atoms with Crippen LogP contribution < -0.4 is 4.74 Å². The van der Waals surface area contributed by atoms with E-state index >= 15 is 0 Å². The zero-order valence-electron chi connectivity index (χ0n) is 14.0. The number of nitrogens with zero attached hydrogens (tertiary/aromatic N) is 1. The van der Waals surface area contributed by atoms with E-state index in [1.54, 1.807) is 18.7 Å². The summed E-state index contributed by atoms with van der Waals surface area (Å²) in [5, 5.41) is 10.8. The molecule has 8 heteroatoms. The van der Waals surface area contributed by atoms with Crippen LogP contribution in [0.15, 0.2) is 23.1 Å². The third-order valence-electron chi connectivity index (χ3n) is 4.61. The molecule has 0 aromatic heterocycles. The van der Waals surface area contributed by atoms with Gasteiger partial charge in [0, 0.05) is 23.4 Å². The van der Waals surface area contributed by atoms with Crippen molar-refractivity contribution in [3.63, 3.8) is 0 Å². The molecule has 2 aliphatic rings. The smallest absolute Gasteiger partial charge is 0.446 e. The van der Waals surface area contributed by atoms with Crippen LogP contribution in [0.2, 0.25) is 0 Å². The fraction of sp³-hybridized carbons (Fsp3) is 0.588. The van der Waals surface area contributed by atoms with Gasteiger partial charge in [-0.05, 0) is 56.7 Å². The second-order valence-electron chi connectivity index (χ2n) is 6.89. The van der Waals surface area contributed by atoms with Crippen LogP contribution in [0.4, 0.5) is 13.2 Å². The molecule has 1 N–H and O–H groups in total. The Balaban J connectivity index is 2.04. The average Bonchev–Trinajstić information content (AvgIpc) is 2.49. The van der Waals surface area contributed by atoms with Crippen LogP contribution >= 0.6 is 11.8 Å². The van der Waals surface area contributed by atoms with E-state index in [4.69, 9.17) is 4.74 Å². The molecular formula is C17H20F3NO3S. The Bertz CT molecular complexity index is 678. The van der Waals surface area contributed by atoms with E-state index in [9.17, 15) is 23.1 Å². The topological polar surface area (TPSA) is 49.8 Å². The maximum absolute atomic E-state index is 12.7. The lowest BCUT2D eigenvalue weighted by Crippen LogP contribution is -2.55. The molecule has 1 aromatic rings. The van der Waals surface area contributed by atoms with Gasteiger partial charge in [-0.2, -0.15) is 13.2 Å². The lowest BCUT2D eigenvalue weighted by Gasteiger charge is -2.47. The summed E-state index contributed by atoms with van der Waals surface area (Å²) >= 11 is -0.216. The van der Waals surface area contributed by atoms with Crippen LogP contribution in [0.5, 0.6) is 5.75 Å². The number of aliphatic hydroxyl groups is 1. The Morgan fingerprint density at radius 3 is 2.68 bits per heavy atom. The van der Waals surface area contributed by atoms with Gasteiger partial charge in [-0.25, -0.2) is 0 Å². The minimum absolute atomic E-state index is 0.0104. The highest BCUT2D eigenvalue weighted by Crippen LogP contribution is 2.46. The van der Waals surface area contributed by atoms with Gasteiger partial charge >= 0.3 is 5.51 Å². The van der Waals surface area contributed by atoms with Crippen molar-refractivity contribution in [2.75, 3.05) is 6.54 Å². The molecule has 3 rings (SSSR count). The van der Waals surface area contributed by atoms with Gasteiger partial charge in [0.1, 0.15) is 17.5 Å². The Hall–Kier alpha value is -1.41. The van der Waals surface area contributed by atoms with Crippen molar-refractivity contribution < 1.29 is 27.8 Å². The molecule has 0 radical (unpaired) electrons. The molecule has 1 saturated heterocycles. The molecule has 0 bridgehead atoms. The fourth-order valence-corrected chi connectivity index (χ4v) is 3.99. The molecule has 1 fully saturated rings. The quantitative estimate of drug-likeness (QED) is 0.797. The number of carbonyl (C=O) groups is 1. The first-order chi connectivity index (χ1) is 11.6. The number of piperidine rings is 1. The number of aliphatic hydroxyl groups excluding tert-OH is 1. The first-order valence-electron chi connectivity index (χ1n) is 8.15. The number of benzene rings is 1. The number of hydrogen-bond acceptors (Lipinski definition) is 4. The Labute approximate surface area is 148 Å². The zero-order chi connectivity index (χ0) is 18.4. The molecule has 4 nitrogen and oxygen atoms in total. The molecule has 1 aromatic carbocycles. The Kier molecular flexibility index (Phi) is 4.70. The van der Waals surface area contributed by atoms with Crippen LogP contribution in [-0.4, -0.2) is 39.7 Å². The monoisotopic (exact) mass is 375 g/mol. The van der Waals surface area contributed by atoms with Gasteiger partial charge in [0.25, 0.3) is 0 Å². The molecule has 0 spiro atoms. The summed E-state index contributed by atoms with van der Waals surface area (Å²) in [6, 6.07) is 3.50. The van der Waals surface area contributed by atoms with Gasteiger partial charge in [-0.1, -0.05) is 0 Å². The number of likely N-dealkylation sites (tertiary alicyclic amines) is 1. The summed E-state index contributed by atoms with van der Waals surface area (Å²) in [5.41, 5.74) is -4.93. The van der Waals surface area contributed by atoms with Gasteiger partial charge in [-0.15, -0.1) is 0 Å². The third-order valence-corrected chi connectivity index (χ3v) is 5.33. The van der Waals surface area contributed by atoms with E-state index in [1.165, 1.54) is 18.2 Å². The van der Waals surface area contributed by atoms with E-state index in [0.29, 0.717) is 24.3 Å². The lowest BCUT2D eigenvalue weighted by atomic mass is 9.84. The predicted molar refractivity (Wildman–Crippen MR) is 87.4 cm³/mol. The molecule has 2 aliphatic heterocycles. The summed E-state index contributed by atoms with van der Waals surface area (Å²) in [4.78, 5) is 14.0. The Morgan fingerprint density at radius 1 is 1.32 bits per heavy atom. The highest BCUT2D eigenvalue weighted by atomic mass is 32.2. The van der Waals surface area contributed by atoms with Gasteiger partial charge < -0.3 is 14.7 Å². The van der Waals surface area contributed by atoms with Crippen molar-refractivity contribution in [3.8, 4) is 5.75 Å². The molecule has 0 unspecified atom stereocenters. The van der Waals surface area contributed by atoms with Gasteiger partial charge in [0.15, 0.2) is 0 Å². The first kappa shape index (κ1) is 18.4. The summed E-state index contributed by atoms with van der Waals surface area (Å²) in [7, 11) is 0. The van der Waals surface area contributed by atoms with E-state index in [1.807, 2.05) is 0 Å². The number of amides is 1. The predicted octanol–water partition coefficient (Wildman–Crippen LogP) is 3.88. The number of rotatable bonds is 2.